The first-order chi connectivity index (χ1) is 8.06. The summed E-state index contributed by atoms with van der Waals surface area (Å²) in [6.45, 7) is 6.06. The zero-order valence-electron chi connectivity index (χ0n) is 10.4. The second-order valence-corrected chi connectivity index (χ2v) is 3.78. The fourth-order valence-electron chi connectivity index (χ4n) is 1.28. The Bertz CT molecular complexity index is 387. The Morgan fingerprint density at radius 1 is 1.29 bits per heavy atom. The van der Waals surface area contributed by atoms with E-state index in [0.29, 0.717) is 23.7 Å². The van der Waals surface area contributed by atoms with Crippen molar-refractivity contribution in [3.05, 3.63) is 35.9 Å². The molecule has 0 heterocycles. The first-order valence-corrected chi connectivity index (χ1v) is 5.24. The van der Waals surface area contributed by atoms with Gasteiger partial charge in [0.05, 0.1) is 7.11 Å². The monoisotopic (exact) mass is 238 g/mol. The Kier molecular flexibility index (Phi) is 5.00. The van der Waals surface area contributed by atoms with E-state index in [1.165, 1.54) is 7.11 Å². The molecule has 1 rings (SSSR count). The fourth-order valence-corrected chi connectivity index (χ4v) is 1.28. The minimum Gasteiger partial charge on any atom is -0.497 e. The van der Waals surface area contributed by atoms with Crippen LogP contribution in [0.25, 0.3) is 0 Å². The summed E-state index contributed by atoms with van der Waals surface area (Å²) in [6.07, 6.45) is -0.989. The summed E-state index contributed by atoms with van der Waals surface area (Å²) in [5.74, 6) is 1.22. The van der Waals surface area contributed by atoms with Crippen molar-refractivity contribution in [3.63, 3.8) is 0 Å². The van der Waals surface area contributed by atoms with E-state index in [9.17, 15) is 5.11 Å². The highest BCUT2D eigenvalue weighted by Crippen LogP contribution is 2.27. The van der Waals surface area contributed by atoms with Gasteiger partial charge >= 0.3 is 0 Å². The van der Waals surface area contributed by atoms with Crippen molar-refractivity contribution in [1.29, 1.82) is 0 Å². The Labute approximate surface area is 101 Å². The molecule has 0 amide bonds. The first kappa shape index (κ1) is 13.5. The normalized spacial score (nSPS) is 12.0. The summed E-state index contributed by atoms with van der Waals surface area (Å²) in [5.41, 5.74) is 1.50. The third-order valence-electron chi connectivity index (χ3n) is 2.13. The van der Waals surface area contributed by atoms with E-state index in [2.05, 4.69) is 6.58 Å². The predicted molar refractivity (Wildman–Crippen MR) is 65.3 cm³/mol. The van der Waals surface area contributed by atoms with E-state index in [1.807, 2.05) is 6.92 Å². The zero-order chi connectivity index (χ0) is 12.8. The lowest BCUT2D eigenvalue weighted by atomic mass is 10.2. The number of hydrogen-bond acceptors (Lipinski definition) is 4. The van der Waals surface area contributed by atoms with Crippen LogP contribution in [0.5, 0.6) is 11.5 Å². The van der Waals surface area contributed by atoms with Crippen molar-refractivity contribution in [3.8, 4) is 11.5 Å². The molecule has 0 radical (unpaired) electrons. The second-order valence-electron chi connectivity index (χ2n) is 3.78. The van der Waals surface area contributed by atoms with Crippen molar-refractivity contribution >= 4 is 0 Å². The summed E-state index contributed by atoms with van der Waals surface area (Å²) in [6, 6.07) is 5.15. The molecule has 1 N–H and O–H groups in total. The van der Waals surface area contributed by atoms with Gasteiger partial charge in [0.25, 0.3) is 0 Å². The Hall–Kier alpha value is -1.52. The largest absolute Gasteiger partial charge is 0.497 e. The molecule has 0 spiro atoms. The molecule has 17 heavy (non-hydrogen) atoms. The molecule has 0 aliphatic rings. The minimum atomic E-state index is -0.989. The molecule has 0 aliphatic carbocycles. The van der Waals surface area contributed by atoms with Crippen LogP contribution in [0.15, 0.2) is 30.4 Å². The van der Waals surface area contributed by atoms with Crippen LogP contribution in [-0.2, 0) is 4.74 Å². The molecule has 4 heteroatoms. The predicted octanol–water partition coefficient (Wildman–Crippen LogP) is 2.29. The van der Waals surface area contributed by atoms with Gasteiger partial charge in [0.1, 0.15) is 18.1 Å². The molecule has 0 fully saturated rings. The van der Waals surface area contributed by atoms with Crippen LogP contribution >= 0.6 is 0 Å². The third-order valence-corrected chi connectivity index (χ3v) is 2.13. The molecule has 0 aromatic heterocycles. The molecule has 1 aromatic rings. The number of benzene rings is 1. The summed E-state index contributed by atoms with van der Waals surface area (Å²) in [4.78, 5) is 0. The molecule has 1 atom stereocenters. The van der Waals surface area contributed by atoms with Gasteiger partial charge in [-0.3, -0.25) is 0 Å². The smallest absolute Gasteiger partial charge is 0.181 e. The lowest BCUT2D eigenvalue weighted by molar-refractivity contribution is -0.0771. The maximum absolute atomic E-state index is 9.60. The molecule has 1 unspecified atom stereocenters. The number of methoxy groups -OCH3 is 2. The SMILES string of the molecule is C=C(C)COc1cc(OC)cc(C(O)OC)c1. The molecule has 1 aromatic carbocycles. The number of ether oxygens (including phenoxy) is 3. The number of aliphatic hydroxyl groups excluding tert-OH is 1. The Morgan fingerprint density at radius 2 is 1.94 bits per heavy atom. The number of aliphatic hydroxyl groups is 1. The van der Waals surface area contributed by atoms with E-state index in [4.69, 9.17) is 14.2 Å². The molecular formula is C13H18O4. The van der Waals surface area contributed by atoms with Crippen LogP contribution in [0.1, 0.15) is 18.8 Å². The second kappa shape index (κ2) is 6.27. The van der Waals surface area contributed by atoms with Crippen LogP contribution in [0, 0.1) is 0 Å². The molecule has 0 aliphatic heterocycles. The molecule has 0 saturated carbocycles. The molecule has 0 bridgehead atoms. The molecule has 4 nitrogen and oxygen atoms in total. The van der Waals surface area contributed by atoms with Crippen molar-refractivity contribution in [2.75, 3.05) is 20.8 Å². The molecular weight excluding hydrogens is 220 g/mol. The maximum atomic E-state index is 9.60. The van der Waals surface area contributed by atoms with E-state index in [-0.39, 0.29) is 0 Å². The van der Waals surface area contributed by atoms with E-state index < -0.39 is 6.29 Å². The highest BCUT2D eigenvalue weighted by molar-refractivity contribution is 5.39. The lowest BCUT2D eigenvalue weighted by Gasteiger charge is -2.13. The van der Waals surface area contributed by atoms with Gasteiger partial charge in [-0.05, 0) is 24.6 Å². The lowest BCUT2D eigenvalue weighted by Crippen LogP contribution is -2.03. The topological polar surface area (TPSA) is 47.9 Å². The summed E-state index contributed by atoms with van der Waals surface area (Å²) >= 11 is 0. The van der Waals surface area contributed by atoms with Crippen molar-refractivity contribution in [2.45, 2.75) is 13.2 Å². The quantitative estimate of drug-likeness (QED) is 0.610. The van der Waals surface area contributed by atoms with Gasteiger partial charge in [-0.2, -0.15) is 0 Å². The third kappa shape index (κ3) is 4.09. The number of rotatable bonds is 6. The van der Waals surface area contributed by atoms with Crippen LogP contribution in [0.4, 0.5) is 0 Å². The van der Waals surface area contributed by atoms with Gasteiger partial charge in [0.2, 0.25) is 0 Å². The van der Waals surface area contributed by atoms with E-state index in [1.54, 1.807) is 25.3 Å². The fraction of sp³-hybridized carbons (Fsp3) is 0.385. The molecule has 94 valence electrons. The zero-order valence-corrected chi connectivity index (χ0v) is 10.4. The average Bonchev–Trinajstić information content (AvgIpc) is 2.34. The van der Waals surface area contributed by atoms with Gasteiger partial charge in [0.15, 0.2) is 6.29 Å². The highest BCUT2D eigenvalue weighted by Gasteiger charge is 2.10. The van der Waals surface area contributed by atoms with Crippen LogP contribution in [0.3, 0.4) is 0 Å². The number of hydrogen-bond donors (Lipinski definition) is 1. The van der Waals surface area contributed by atoms with Gasteiger partial charge in [0, 0.05) is 18.7 Å². The van der Waals surface area contributed by atoms with Crippen LogP contribution < -0.4 is 9.47 Å². The van der Waals surface area contributed by atoms with Gasteiger partial charge in [-0.25, -0.2) is 0 Å². The van der Waals surface area contributed by atoms with E-state index >= 15 is 0 Å². The Balaban J connectivity index is 2.92. The summed E-state index contributed by atoms with van der Waals surface area (Å²) < 4.78 is 15.5. The first-order valence-electron chi connectivity index (χ1n) is 5.24. The van der Waals surface area contributed by atoms with Gasteiger partial charge in [-0.1, -0.05) is 6.58 Å². The standard InChI is InChI=1S/C13H18O4/c1-9(2)8-17-12-6-10(13(14)16-4)5-11(7-12)15-3/h5-7,13-14H,1,8H2,2-4H3. The van der Waals surface area contributed by atoms with Crippen molar-refractivity contribution < 1.29 is 19.3 Å². The summed E-state index contributed by atoms with van der Waals surface area (Å²) in [7, 11) is 2.99. The van der Waals surface area contributed by atoms with Crippen molar-refractivity contribution in [1.82, 2.24) is 0 Å². The molecule has 0 saturated heterocycles. The van der Waals surface area contributed by atoms with E-state index in [0.717, 1.165) is 5.57 Å². The Morgan fingerprint density at radius 3 is 2.47 bits per heavy atom. The highest BCUT2D eigenvalue weighted by atomic mass is 16.6. The summed E-state index contributed by atoms with van der Waals surface area (Å²) in [5, 5.41) is 9.60. The van der Waals surface area contributed by atoms with Crippen LogP contribution in [0.2, 0.25) is 0 Å². The van der Waals surface area contributed by atoms with Gasteiger partial charge < -0.3 is 19.3 Å². The van der Waals surface area contributed by atoms with Crippen LogP contribution in [-0.4, -0.2) is 25.9 Å². The maximum Gasteiger partial charge on any atom is 0.181 e. The van der Waals surface area contributed by atoms with Gasteiger partial charge in [-0.15, -0.1) is 0 Å². The minimum absolute atomic E-state index is 0.426. The van der Waals surface area contributed by atoms with Crippen molar-refractivity contribution in [2.24, 2.45) is 0 Å². The average molecular weight is 238 g/mol.